The van der Waals surface area contributed by atoms with Crippen LogP contribution in [0.1, 0.15) is 48.8 Å². The number of amides is 2. The first-order valence-electron chi connectivity index (χ1n) is 11.3. The molecular weight excluding hydrogens is 498 g/mol. The summed E-state index contributed by atoms with van der Waals surface area (Å²) in [5.74, 6) is -0.756. The van der Waals surface area contributed by atoms with Crippen LogP contribution in [-0.2, 0) is 27.0 Å². The smallest absolute Gasteiger partial charge is 0.416 e. The Bertz CT molecular complexity index is 1150. The molecule has 1 aromatic carbocycles. The van der Waals surface area contributed by atoms with Gasteiger partial charge in [-0.25, -0.2) is 14.0 Å². The van der Waals surface area contributed by atoms with Gasteiger partial charge in [-0.1, -0.05) is 12.1 Å². The summed E-state index contributed by atoms with van der Waals surface area (Å²) in [7, 11) is 1.15. The van der Waals surface area contributed by atoms with Crippen molar-refractivity contribution in [3.63, 3.8) is 0 Å². The number of methoxy groups -OCH3 is 1. The van der Waals surface area contributed by atoms with Gasteiger partial charge in [0.15, 0.2) is 0 Å². The maximum Gasteiger partial charge on any atom is 0.416 e. The SMILES string of the molecule is COC(=O)c1cnc(CN(C=O)[C@@H]2C[C@@H](F)CN2C(=O)OC(C)(C)C)cc1-c1ccc(C(F)(F)F)cc1. The third kappa shape index (κ3) is 6.75. The molecule has 3 rings (SSSR count). The zero-order chi connectivity index (χ0) is 27.5. The van der Waals surface area contributed by atoms with Crippen LogP contribution in [0.25, 0.3) is 11.1 Å². The predicted octanol–water partition coefficient (Wildman–Crippen LogP) is 4.82. The van der Waals surface area contributed by atoms with Gasteiger partial charge < -0.3 is 14.4 Å². The Balaban J connectivity index is 1.93. The minimum Gasteiger partial charge on any atom is -0.465 e. The molecule has 0 unspecified atom stereocenters. The zero-order valence-corrected chi connectivity index (χ0v) is 20.7. The Labute approximate surface area is 211 Å². The van der Waals surface area contributed by atoms with Crippen LogP contribution in [0.15, 0.2) is 36.5 Å². The summed E-state index contributed by atoms with van der Waals surface area (Å²) in [6.07, 6.45) is -6.12. The molecule has 0 N–H and O–H groups in total. The van der Waals surface area contributed by atoms with Gasteiger partial charge in [0.05, 0.1) is 37.0 Å². The Morgan fingerprint density at radius 1 is 1.19 bits per heavy atom. The number of carbonyl (C=O) groups is 3. The zero-order valence-electron chi connectivity index (χ0n) is 20.7. The second-order valence-corrected chi connectivity index (χ2v) is 9.51. The molecule has 0 saturated carbocycles. The fourth-order valence-corrected chi connectivity index (χ4v) is 3.93. The van der Waals surface area contributed by atoms with Gasteiger partial charge in [-0.15, -0.1) is 0 Å². The van der Waals surface area contributed by atoms with Crippen LogP contribution in [0, 0.1) is 0 Å². The van der Waals surface area contributed by atoms with Crippen molar-refractivity contribution in [3.05, 3.63) is 53.3 Å². The summed E-state index contributed by atoms with van der Waals surface area (Å²) in [6, 6.07) is 5.62. The molecule has 1 fully saturated rings. The Morgan fingerprint density at radius 2 is 1.84 bits per heavy atom. The number of esters is 1. The maximum atomic E-state index is 14.3. The van der Waals surface area contributed by atoms with Gasteiger partial charge in [-0.05, 0) is 50.1 Å². The lowest BCUT2D eigenvalue weighted by molar-refractivity contribution is -0.137. The first-order chi connectivity index (χ1) is 17.2. The molecule has 2 aromatic rings. The number of likely N-dealkylation sites (tertiary alicyclic amines) is 1. The molecule has 0 spiro atoms. The molecule has 0 aliphatic carbocycles. The number of halogens is 4. The molecular formula is C25H27F4N3O5. The van der Waals surface area contributed by atoms with E-state index in [2.05, 4.69) is 4.98 Å². The summed E-state index contributed by atoms with van der Waals surface area (Å²) in [4.78, 5) is 43.4. The number of rotatable bonds is 6. The second kappa shape index (κ2) is 10.7. The second-order valence-electron chi connectivity index (χ2n) is 9.51. The van der Waals surface area contributed by atoms with Gasteiger partial charge >= 0.3 is 18.2 Å². The minimum atomic E-state index is -4.53. The number of hydrogen-bond acceptors (Lipinski definition) is 6. The lowest BCUT2D eigenvalue weighted by Crippen LogP contribution is -2.48. The van der Waals surface area contributed by atoms with Crippen LogP contribution in [0.5, 0.6) is 0 Å². The van der Waals surface area contributed by atoms with E-state index in [1.54, 1.807) is 20.8 Å². The van der Waals surface area contributed by atoms with Crippen LogP contribution in [-0.4, -0.2) is 64.8 Å². The van der Waals surface area contributed by atoms with Crippen molar-refractivity contribution >= 4 is 18.5 Å². The fraction of sp³-hybridized carbons (Fsp3) is 0.440. The lowest BCUT2D eigenvalue weighted by Gasteiger charge is -2.33. The van der Waals surface area contributed by atoms with E-state index < -0.39 is 41.7 Å². The van der Waals surface area contributed by atoms with Gasteiger partial charge in [0.25, 0.3) is 0 Å². The van der Waals surface area contributed by atoms with Gasteiger partial charge in [0.2, 0.25) is 6.41 Å². The van der Waals surface area contributed by atoms with E-state index in [4.69, 9.17) is 9.47 Å². The van der Waals surface area contributed by atoms with Crippen molar-refractivity contribution in [3.8, 4) is 11.1 Å². The molecule has 2 heterocycles. The van der Waals surface area contributed by atoms with Gasteiger partial charge in [-0.2, -0.15) is 13.2 Å². The monoisotopic (exact) mass is 525 g/mol. The highest BCUT2D eigenvalue weighted by atomic mass is 19.4. The highest BCUT2D eigenvalue weighted by molar-refractivity contribution is 5.97. The number of ether oxygens (including phenoxy) is 2. The number of carbonyl (C=O) groups excluding carboxylic acids is 3. The van der Waals surface area contributed by atoms with E-state index in [1.165, 1.54) is 29.3 Å². The summed E-state index contributed by atoms with van der Waals surface area (Å²) in [6.45, 7) is 4.56. The topological polar surface area (TPSA) is 89.0 Å². The van der Waals surface area contributed by atoms with E-state index in [-0.39, 0.29) is 41.9 Å². The van der Waals surface area contributed by atoms with Crippen molar-refractivity contribution in [1.82, 2.24) is 14.8 Å². The molecule has 1 saturated heterocycles. The molecule has 2 amide bonds. The quantitative estimate of drug-likeness (QED) is 0.305. The number of nitrogens with zero attached hydrogens (tertiary/aromatic N) is 3. The molecule has 37 heavy (non-hydrogen) atoms. The predicted molar refractivity (Wildman–Crippen MR) is 124 cm³/mol. The van der Waals surface area contributed by atoms with Gasteiger partial charge in [-0.3, -0.25) is 14.7 Å². The standard InChI is InChI=1S/C25H27F4N3O5/c1-24(2,3)37-23(35)32-12-17(26)9-21(32)31(14-33)13-18-10-19(20(11-30-18)22(34)36-4)15-5-7-16(8-6-15)25(27,28)29/h5-8,10-11,14,17,21H,9,12-13H2,1-4H3/t17-,21+/m1/s1. The van der Waals surface area contributed by atoms with E-state index in [9.17, 15) is 31.9 Å². The average Bonchev–Trinajstić information content (AvgIpc) is 3.22. The lowest BCUT2D eigenvalue weighted by atomic mass is 9.99. The fourth-order valence-electron chi connectivity index (χ4n) is 3.93. The first kappa shape index (κ1) is 27.9. The van der Waals surface area contributed by atoms with Crippen molar-refractivity contribution in [1.29, 1.82) is 0 Å². The van der Waals surface area contributed by atoms with Crippen LogP contribution in [0.4, 0.5) is 22.4 Å². The largest absolute Gasteiger partial charge is 0.465 e. The van der Waals surface area contributed by atoms with E-state index in [0.717, 1.165) is 24.1 Å². The molecule has 0 bridgehead atoms. The van der Waals surface area contributed by atoms with Crippen molar-refractivity contribution in [2.45, 2.75) is 57.9 Å². The third-order valence-corrected chi connectivity index (χ3v) is 5.60. The number of benzene rings is 1. The van der Waals surface area contributed by atoms with Gasteiger partial charge in [0, 0.05) is 12.6 Å². The molecule has 1 aliphatic rings. The van der Waals surface area contributed by atoms with Crippen molar-refractivity contribution in [2.24, 2.45) is 0 Å². The first-order valence-corrected chi connectivity index (χ1v) is 11.3. The van der Waals surface area contributed by atoms with E-state index in [0.29, 0.717) is 6.41 Å². The number of alkyl halides is 4. The number of aromatic nitrogens is 1. The van der Waals surface area contributed by atoms with Crippen LogP contribution < -0.4 is 0 Å². The maximum absolute atomic E-state index is 14.3. The number of pyridine rings is 1. The molecule has 0 radical (unpaired) electrons. The summed E-state index contributed by atoms with van der Waals surface area (Å²) >= 11 is 0. The van der Waals surface area contributed by atoms with Crippen molar-refractivity contribution in [2.75, 3.05) is 13.7 Å². The molecule has 1 aromatic heterocycles. The molecule has 8 nitrogen and oxygen atoms in total. The summed E-state index contributed by atoms with van der Waals surface area (Å²) < 4.78 is 63.4. The Hall–Kier alpha value is -3.70. The molecule has 12 heteroatoms. The number of hydrogen-bond donors (Lipinski definition) is 0. The van der Waals surface area contributed by atoms with E-state index >= 15 is 0 Å². The van der Waals surface area contributed by atoms with Crippen LogP contribution in [0.2, 0.25) is 0 Å². The van der Waals surface area contributed by atoms with Crippen LogP contribution >= 0.6 is 0 Å². The molecule has 2 atom stereocenters. The molecule has 1 aliphatic heterocycles. The highest BCUT2D eigenvalue weighted by Crippen LogP contribution is 2.33. The van der Waals surface area contributed by atoms with Crippen LogP contribution in [0.3, 0.4) is 0 Å². The van der Waals surface area contributed by atoms with E-state index in [1.807, 2.05) is 0 Å². The Morgan fingerprint density at radius 3 is 2.38 bits per heavy atom. The minimum absolute atomic E-state index is 0.00346. The summed E-state index contributed by atoms with van der Waals surface area (Å²) in [5.41, 5.74) is -0.916. The van der Waals surface area contributed by atoms with Gasteiger partial charge in [0.1, 0.15) is 17.9 Å². The summed E-state index contributed by atoms with van der Waals surface area (Å²) in [5, 5.41) is 0. The highest BCUT2D eigenvalue weighted by Gasteiger charge is 2.41. The Kier molecular flexibility index (Phi) is 8.09. The molecule has 200 valence electrons. The normalized spacial score (nSPS) is 17.9. The van der Waals surface area contributed by atoms with Crippen molar-refractivity contribution < 1.29 is 41.4 Å². The average molecular weight is 525 g/mol. The third-order valence-electron chi connectivity index (χ3n) is 5.60.